The normalized spacial score (nSPS) is 21.2. The van der Waals surface area contributed by atoms with E-state index in [0.717, 1.165) is 0 Å². The summed E-state index contributed by atoms with van der Waals surface area (Å²) in [6.07, 6.45) is 2.69. The molecule has 0 aliphatic heterocycles. The Morgan fingerprint density at radius 1 is 1.57 bits per heavy atom. The van der Waals surface area contributed by atoms with E-state index in [4.69, 9.17) is 16.9 Å². The van der Waals surface area contributed by atoms with Gasteiger partial charge in [0, 0.05) is 22.6 Å². The van der Waals surface area contributed by atoms with Crippen molar-refractivity contribution >= 4 is 17.4 Å². The van der Waals surface area contributed by atoms with Gasteiger partial charge in [-0.15, -0.1) is 0 Å². The van der Waals surface area contributed by atoms with Crippen molar-refractivity contribution in [2.45, 2.75) is 25.4 Å². The molecule has 21 heavy (non-hydrogen) atoms. The van der Waals surface area contributed by atoms with E-state index >= 15 is 0 Å². The highest BCUT2D eigenvalue weighted by Crippen LogP contribution is 2.35. The van der Waals surface area contributed by atoms with Crippen molar-refractivity contribution in [1.29, 1.82) is 5.26 Å². The number of ketones is 1. The molecule has 0 saturated heterocycles. The molecule has 2 rings (SSSR count). The lowest BCUT2D eigenvalue weighted by molar-refractivity contribution is 0.103. The molecule has 0 aromatic heterocycles. The summed E-state index contributed by atoms with van der Waals surface area (Å²) in [5, 5.41) is 19.0. The highest BCUT2D eigenvalue weighted by Gasteiger charge is 2.32. The summed E-state index contributed by atoms with van der Waals surface area (Å²) in [4.78, 5) is 12.4. The number of aromatic hydroxyl groups is 1. The third-order valence-corrected chi connectivity index (χ3v) is 3.66. The van der Waals surface area contributed by atoms with Gasteiger partial charge in [-0.1, -0.05) is 18.5 Å². The number of halogens is 2. The van der Waals surface area contributed by atoms with E-state index in [9.17, 15) is 14.3 Å². The van der Waals surface area contributed by atoms with Crippen molar-refractivity contribution in [1.82, 2.24) is 0 Å². The Balaban J connectivity index is 2.49. The monoisotopic (exact) mass is 305 g/mol. The van der Waals surface area contributed by atoms with Gasteiger partial charge in [0.25, 0.3) is 0 Å². The Morgan fingerprint density at radius 3 is 2.90 bits per heavy atom. The number of Topliss-reactive ketones (excluding diaryl/α,β-unsaturated/α-hetero) is 1. The van der Waals surface area contributed by atoms with Crippen LogP contribution in [-0.4, -0.2) is 16.6 Å². The van der Waals surface area contributed by atoms with Crippen LogP contribution in [0.5, 0.6) is 5.75 Å². The van der Waals surface area contributed by atoms with Gasteiger partial charge in [-0.3, -0.25) is 4.79 Å². The molecule has 1 aromatic carbocycles. The molecule has 1 N–H and O–H groups in total. The molecular weight excluding hydrogens is 293 g/mol. The van der Waals surface area contributed by atoms with Crippen LogP contribution < -0.4 is 0 Å². The van der Waals surface area contributed by atoms with Gasteiger partial charge in [0.15, 0.2) is 5.78 Å². The highest BCUT2D eigenvalue weighted by atomic mass is 35.5. The third-order valence-electron chi connectivity index (χ3n) is 3.43. The van der Waals surface area contributed by atoms with Crippen molar-refractivity contribution < 1.29 is 14.3 Å². The van der Waals surface area contributed by atoms with Crippen LogP contribution in [0.4, 0.5) is 4.39 Å². The lowest BCUT2D eigenvalue weighted by Gasteiger charge is -2.24. The minimum atomic E-state index is -1.72. The molecule has 5 heteroatoms. The van der Waals surface area contributed by atoms with Gasteiger partial charge in [-0.25, -0.2) is 4.39 Å². The molecular formula is C16H13ClFNO2. The Hall–Kier alpha value is -2.12. The molecule has 1 aliphatic rings. The van der Waals surface area contributed by atoms with Gasteiger partial charge >= 0.3 is 0 Å². The first-order valence-electron chi connectivity index (χ1n) is 6.44. The SMILES string of the molecule is CCC1(F)C=C(C(=O)c2cc(Cl)ccc2O)C=C(C#N)C1. The topological polar surface area (TPSA) is 61.1 Å². The zero-order chi connectivity index (χ0) is 15.6. The van der Waals surface area contributed by atoms with Crippen molar-refractivity contribution in [3.05, 3.63) is 52.1 Å². The first kappa shape index (κ1) is 15.3. The number of carbonyl (C=O) groups excluding carboxylic acids is 1. The van der Waals surface area contributed by atoms with E-state index in [2.05, 4.69) is 0 Å². The fraction of sp³-hybridized carbons (Fsp3) is 0.250. The largest absolute Gasteiger partial charge is 0.507 e. The quantitative estimate of drug-likeness (QED) is 0.854. The molecule has 0 spiro atoms. The molecule has 3 nitrogen and oxygen atoms in total. The summed E-state index contributed by atoms with van der Waals surface area (Å²) < 4.78 is 14.5. The smallest absolute Gasteiger partial charge is 0.196 e. The molecule has 1 atom stereocenters. The van der Waals surface area contributed by atoms with Gasteiger partial charge in [0.1, 0.15) is 11.4 Å². The van der Waals surface area contributed by atoms with Gasteiger partial charge in [-0.05, 0) is 36.8 Å². The van der Waals surface area contributed by atoms with E-state index in [1.165, 1.54) is 30.4 Å². The predicted octanol–water partition coefficient (Wildman–Crippen LogP) is 4.13. The zero-order valence-electron chi connectivity index (χ0n) is 11.4. The van der Waals surface area contributed by atoms with E-state index in [1.807, 2.05) is 6.07 Å². The van der Waals surface area contributed by atoms with Crippen molar-refractivity contribution in [2.75, 3.05) is 0 Å². The van der Waals surface area contributed by atoms with E-state index < -0.39 is 11.5 Å². The molecule has 0 amide bonds. The van der Waals surface area contributed by atoms with Crippen LogP contribution in [0.2, 0.25) is 5.02 Å². The van der Waals surface area contributed by atoms with Crippen LogP contribution in [0.15, 0.2) is 41.5 Å². The number of hydrogen-bond acceptors (Lipinski definition) is 3. The second-order valence-electron chi connectivity index (χ2n) is 4.94. The maximum absolute atomic E-state index is 14.5. The van der Waals surface area contributed by atoms with Crippen LogP contribution in [0.25, 0.3) is 0 Å². The van der Waals surface area contributed by atoms with Crippen LogP contribution in [0.1, 0.15) is 30.1 Å². The number of phenols is 1. The number of carbonyl (C=O) groups is 1. The molecule has 0 radical (unpaired) electrons. The number of phenolic OH excluding ortho intramolecular Hbond substituents is 1. The number of benzene rings is 1. The fourth-order valence-corrected chi connectivity index (χ4v) is 2.37. The summed E-state index contributed by atoms with van der Waals surface area (Å²) in [5.41, 5.74) is -1.48. The molecule has 0 bridgehead atoms. The minimum Gasteiger partial charge on any atom is -0.507 e. The Bertz CT molecular complexity index is 703. The lowest BCUT2D eigenvalue weighted by Crippen LogP contribution is -2.24. The van der Waals surface area contributed by atoms with Gasteiger partial charge in [-0.2, -0.15) is 5.26 Å². The first-order valence-corrected chi connectivity index (χ1v) is 6.82. The summed E-state index contributed by atoms with van der Waals surface area (Å²) in [7, 11) is 0. The number of hydrogen-bond donors (Lipinski definition) is 1. The molecule has 0 saturated carbocycles. The van der Waals surface area contributed by atoms with E-state index in [-0.39, 0.29) is 35.3 Å². The third kappa shape index (κ3) is 3.14. The number of nitrogens with zero attached hydrogens (tertiary/aromatic N) is 1. The number of alkyl halides is 1. The van der Waals surface area contributed by atoms with Gasteiger partial charge < -0.3 is 5.11 Å². The summed E-state index contributed by atoms with van der Waals surface area (Å²) >= 11 is 5.81. The molecule has 1 aliphatic carbocycles. The summed E-state index contributed by atoms with van der Waals surface area (Å²) in [6.45, 7) is 1.65. The summed E-state index contributed by atoms with van der Waals surface area (Å²) in [5.74, 6) is -0.790. The van der Waals surface area contributed by atoms with Crippen molar-refractivity contribution in [3.63, 3.8) is 0 Å². The number of nitriles is 1. The van der Waals surface area contributed by atoms with Crippen molar-refractivity contribution in [2.24, 2.45) is 0 Å². The van der Waals surface area contributed by atoms with Crippen LogP contribution >= 0.6 is 11.6 Å². The average molecular weight is 306 g/mol. The molecule has 0 heterocycles. The Kier molecular flexibility index (Phi) is 4.15. The minimum absolute atomic E-state index is 0.0114. The van der Waals surface area contributed by atoms with Crippen LogP contribution in [0.3, 0.4) is 0 Å². The first-order chi connectivity index (χ1) is 9.88. The Morgan fingerprint density at radius 2 is 2.29 bits per heavy atom. The second-order valence-corrected chi connectivity index (χ2v) is 5.37. The predicted molar refractivity (Wildman–Crippen MR) is 78.0 cm³/mol. The maximum atomic E-state index is 14.5. The average Bonchev–Trinajstić information content (AvgIpc) is 2.48. The summed E-state index contributed by atoms with van der Waals surface area (Å²) in [6, 6.07) is 5.97. The van der Waals surface area contributed by atoms with E-state index in [0.29, 0.717) is 5.02 Å². The van der Waals surface area contributed by atoms with Gasteiger partial charge in [0.2, 0.25) is 0 Å². The zero-order valence-corrected chi connectivity index (χ0v) is 12.1. The maximum Gasteiger partial charge on any atom is 0.196 e. The lowest BCUT2D eigenvalue weighted by atomic mass is 9.84. The van der Waals surface area contributed by atoms with Crippen LogP contribution in [0, 0.1) is 11.3 Å². The van der Waals surface area contributed by atoms with E-state index in [1.54, 1.807) is 6.92 Å². The standard InChI is InChI=1S/C16H13ClFNO2/c1-2-16(18)7-10(9-19)5-11(8-16)15(21)13-6-12(17)3-4-14(13)20/h3-6,8,20H,2,7H2,1H3. The Labute approximate surface area is 127 Å². The van der Waals surface area contributed by atoms with Crippen LogP contribution in [-0.2, 0) is 0 Å². The molecule has 108 valence electrons. The second kappa shape index (κ2) is 5.71. The fourth-order valence-electron chi connectivity index (χ4n) is 2.20. The van der Waals surface area contributed by atoms with Crippen molar-refractivity contribution in [3.8, 4) is 11.8 Å². The number of allylic oxidation sites excluding steroid dienone is 4. The molecule has 0 fully saturated rings. The highest BCUT2D eigenvalue weighted by molar-refractivity contribution is 6.31. The number of rotatable bonds is 3. The van der Waals surface area contributed by atoms with Gasteiger partial charge in [0.05, 0.1) is 11.6 Å². The molecule has 1 aromatic rings. The molecule has 1 unspecified atom stereocenters.